The maximum atomic E-state index is 12.2. The Morgan fingerprint density at radius 2 is 2.12 bits per heavy atom. The van der Waals surface area contributed by atoms with Gasteiger partial charge in [-0.1, -0.05) is 18.0 Å². The lowest BCUT2D eigenvalue weighted by atomic mass is 9.86. The van der Waals surface area contributed by atoms with Crippen LogP contribution in [-0.4, -0.2) is 38.8 Å². The number of alkyl halides is 2. The van der Waals surface area contributed by atoms with Crippen LogP contribution in [0.1, 0.15) is 19.3 Å². The number of amides is 1. The Kier molecular flexibility index (Phi) is 5.61. The predicted molar refractivity (Wildman–Crippen MR) is 62.9 cm³/mol. The molecule has 100 valence electrons. The molecule has 0 saturated heterocycles. The van der Waals surface area contributed by atoms with Crippen molar-refractivity contribution in [2.75, 3.05) is 18.8 Å². The van der Waals surface area contributed by atoms with Gasteiger partial charge in [0.05, 0.1) is 5.75 Å². The van der Waals surface area contributed by atoms with E-state index in [4.69, 9.17) is 11.6 Å². The Morgan fingerprint density at radius 1 is 1.47 bits per heavy atom. The van der Waals surface area contributed by atoms with Gasteiger partial charge in [-0.15, -0.1) is 0 Å². The molecule has 1 fully saturated rings. The first-order valence-corrected chi connectivity index (χ1v) is 7.53. The van der Waals surface area contributed by atoms with Crippen LogP contribution in [0.3, 0.4) is 0 Å². The summed E-state index contributed by atoms with van der Waals surface area (Å²) in [7, 11) is -3.40. The molecule has 0 radical (unpaired) electrons. The summed E-state index contributed by atoms with van der Waals surface area (Å²) < 4.78 is 37.5. The van der Waals surface area contributed by atoms with Gasteiger partial charge in [-0.3, -0.25) is 4.79 Å². The molecule has 0 aliphatic heterocycles. The molecular formula is C9H16ClFN2O3S. The Bertz CT molecular complexity index is 357. The van der Waals surface area contributed by atoms with Crippen LogP contribution in [0.15, 0.2) is 0 Å². The number of hydrogen-bond donors (Lipinski definition) is 2. The third kappa shape index (κ3) is 5.65. The van der Waals surface area contributed by atoms with Gasteiger partial charge in [0.2, 0.25) is 10.0 Å². The van der Waals surface area contributed by atoms with E-state index in [1.807, 2.05) is 0 Å². The second-order valence-electron chi connectivity index (χ2n) is 4.06. The summed E-state index contributed by atoms with van der Waals surface area (Å²) in [6.45, 7) is 0.295. The molecule has 1 rings (SSSR count). The van der Waals surface area contributed by atoms with E-state index in [1.165, 1.54) is 0 Å². The van der Waals surface area contributed by atoms with Gasteiger partial charge in [0.15, 0.2) is 0 Å². The monoisotopic (exact) mass is 286 g/mol. The summed E-state index contributed by atoms with van der Waals surface area (Å²) in [5.74, 6) is -0.854. The Hall–Kier alpha value is -0.400. The fraction of sp³-hybridized carbons (Fsp3) is 0.889. The van der Waals surface area contributed by atoms with Gasteiger partial charge in [0, 0.05) is 13.1 Å². The molecule has 1 aliphatic rings. The van der Waals surface area contributed by atoms with E-state index in [1.54, 1.807) is 0 Å². The zero-order valence-corrected chi connectivity index (χ0v) is 10.9. The summed E-state index contributed by atoms with van der Waals surface area (Å²) in [5, 5.41) is 2.09. The van der Waals surface area contributed by atoms with Crippen LogP contribution in [0.2, 0.25) is 0 Å². The minimum absolute atomic E-state index is 0.147. The molecule has 8 heteroatoms. The zero-order chi connectivity index (χ0) is 12.9. The first-order valence-electron chi connectivity index (χ1n) is 5.44. The number of sulfonamides is 1. The van der Waals surface area contributed by atoms with E-state index < -0.39 is 21.6 Å². The Balaban J connectivity index is 2.17. The molecule has 1 saturated carbocycles. The van der Waals surface area contributed by atoms with Crippen LogP contribution in [0.4, 0.5) is 4.39 Å². The predicted octanol–water partition coefficient (Wildman–Crippen LogP) is 0.356. The summed E-state index contributed by atoms with van der Waals surface area (Å²) >= 11 is 4.86. The molecule has 1 atom stereocenters. The van der Waals surface area contributed by atoms with Crippen molar-refractivity contribution in [2.24, 2.45) is 5.92 Å². The average Bonchev–Trinajstić information content (AvgIpc) is 2.14. The molecule has 1 aliphatic carbocycles. The highest BCUT2D eigenvalue weighted by Gasteiger charge is 2.20. The second-order valence-corrected chi connectivity index (χ2v) is 6.37. The van der Waals surface area contributed by atoms with E-state index in [-0.39, 0.29) is 12.3 Å². The SMILES string of the molecule is O=C(NCCS(=O)(=O)NCC1CCC1)C(F)Cl. The van der Waals surface area contributed by atoms with Crippen molar-refractivity contribution in [1.29, 1.82) is 0 Å². The molecule has 1 unspecified atom stereocenters. The largest absolute Gasteiger partial charge is 0.351 e. The summed E-state index contributed by atoms with van der Waals surface area (Å²) in [5.41, 5.74) is -2.14. The second kappa shape index (κ2) is 6.51. The van der Waals surface area contributed by atoms with Gasteiger partial charge < -0.3 is 5.32 Å². The molecule has 0 heterocycles. The Labute approximate surface area is 105 Å². The highest BCUT2D eigenvalue weighted by atomic mass is 35.5. The van der Waals surface area contributed by atoms with Crippen LogP contribution in [0.5, 0.6) is 0 Å². The number of carbonyl (C=O) groups is 1. The highest BCUT2D eigenvalue weighted by Crippen LogP contribution is 2.25. The minimum Gasteiger partial charge on any atom is -0.351 e. The van der Waals surface area contributed by atoms with Crippen molar-refractivity contribution in [3.63, 3.8) is 0 Å². The third-order valence-electron chi connectivity index (χ3n) is 2.68. The molecule has 2 N–H and O–H groups in total. The van der Waals surface area contributed by atoms with Gasteiger partial charge in [0.1, 0.15) is 0 Å². The molecule has 0 aromatic carbocycles. The smallest absolute Gasteiger partial charge is 0.270 e. The normalized spacial score (nSPS) is 18.5. The van der Waals surface area contributed by atoms with Crippen molar-refractivity contribution >= 4 is 27.5 Å². The number of rotatable bonds is 7. The van der Waals surface area contributed by atoms with Crippen molar-refractivity contribution < 1.29 is 17.6 Å². The molecule has 0 aromatic heterocycles. The molecule has 0 aromatic rings. The van der Waals surface area contributed by atoms with E-state index in [2.05, 4.69) is 10.0 Å². The molecule has 1 amide bonds. The third-order valence-corrected chi connectivity index (χ3v) is 4.23. The van der Waals surface area contributed by atoms with E-state index in [9.17, 15) is 17.6 Å². The first-order chi connectivity index (χ1) is 7.91. The quantitative estimate of drug-likeness (QED) is 0.664. The lowest BCUT2D eigenvalue weighted by molar-refractivity contribution is -0.123. The van der Waals surface area contributed by atoms with Crippen LogP contribution < -0.4 is 10.0 Å². The van der Waals surface area contributed by atoms with Crippen LogP contribution in [-0.2, 0) is 14.8 Å². The number of nitrogens with one attached hydrogen (secondary N) is 2. The standard InChI is InChI=1S/C9H16ClFN2O3S/c10-8(11)9(14)12-4-5-17(15,16)13-6-7-2-1-3-7/h7-8,13H,1-6H2,(H,12,14). The minimum atomic E-state index is -3.40. The van der Waals surface area contributed by atoms with Gasteiger partial charge in [0.25, 0.3) is 11.5 Å². The van der Waals surface area contributed by atoms with Gasteiger partial charge in [-0.2, -0.15) is 0 Å². The average molecular weight is 287 g/mol. The Morgan fingerprint density at radius 3 is 2.59 bits per heavy atom. The fourth-order valence-electron chi connectivity index (χ4n) is 1.40. The van der Waals surface area contributed by atoms with Gasteiger partial charge in [-0.25, -0.2) is 17.5 Å². The van der Waals surface area contributed by atoms with Gasteiger partial charge >= 0.3 is 0 Å². The van der Waals surface area contributed by atoms with Crippen molar-refractivity contribution in [1.82, 2.24) is 10.0 Å². The van der Waals surface area contributed by atoms with Crippen LogP contribution in [0, 0.1) is 5.92 Å². The topological polar surface area (TPSA) is 75.3 Å². The molecule has 5 nitrogen and oxygen atoms in total. The molecule has 17 heavy (non-hydrogen) atoms. The lowest BCUT2D eigenvalue weighted by Gasteiger charge is -2.25. The molecular weight excluding hydrogens is 271 g/mol. The lowest BCUT2D eigenvalue weighted by Crippen LogP contribution is -2.38. The number of halogens is 2. The number of carbonyl (C=O) groups excluding carboxylic acids is 1. The highest BCUT2D eigenvalue weighted by molar-refractivity contribution is 7.89. The van der Waals surface area contributed by atoms with Gasteiger partial charge in [-0.05, 0) is 18.8 Å². The van der Waals surface area contributed by atoms with Crippen molar-refractivity contribution in [2.45, 2.75) is 24.9 Å². The fourth-order valence-corrected chi connectivity index (χ4v) is 2.48. The summed E-state index contributed by atoms with van der Waals surface area (Å²) in [6.07, 6.45) is 3.25. The van der Waals surface area contributed by atoms with Crippen LogP contribution in [0.25, 0.3) is 0 Å². The molecule has 0 bridgehead atoms. The first kappa shape index (κ1) is 14.7. The summed E-state index contributed by atoms with van der Waals surface area (Å²) in [4.78, 5) is 10.7. The van der Waals surface area contributed by atoms with E-state index in [0.717, 1.165) is 19.3 Å². The maximum Gasteiger partial charge on any atom is 0.270 e. The van der Waals surface area contributed by atoms with Crippen molar-refractivity contribution in [3.8, 4) is 0 Å². The molecule has 0 spiro atoms. The van der Waals surface area contributed by atoms with E-state index >= 15 is 0 Å². The maximum absolute atomic E-state index is 12.2. The zero-order valence-electron chi connectivity index (χ0n) is 9.29. The number of hydrogen-bond acceptors (Lipinski definition) is 3. The van der Waals surface area contributed by atoms with Crippen LogP contribution >= 0.6 is 11.6 Å². The van der Waals surface area contributed by atoms with E-state index in [0.29, 0.717) is 12.5 Å². The summed E-state index contributed by atoms with van der Waals surface area (Å²) in [6, 6.07) is 0. The van der Waals surface area contributed by atoms with Crippen molar-refractivity contribution in [3.05, 3.63) is 0 Å².